The zero-order valence-electron chi connectivity index (χ0n) is 10.6. The van der Waals surface area contributed by atoms with Crippen molar-refractivity contribution in [1.82, 2.24) is 9.88 Å². The first-order valence-electron chi connectivity index (χ1n) is 6.54. The van der Waals surface area contributed by atoms with Crippen molar-refractivity contribution in [3.8, 4) is 0 Å². The first-order chi connectivity index (χ1) is 9.22. The largest absolute Gasteiger partial charge is 0.346 e. The van der Waals surface area contributed by atoms with Gasteiger partial charge in [-0.25, -0.2) is 4.39 Å². The van der Waals surface area contributed by atoms with Crippen LogP contribution in [-0.2, 0) is 13.1 Å². The van der Waals surface area contributed by atoms with Gasteiger partial charge in [0.15, 0.2) is 0 Å². The molecule has 0 unspecified atom stereocenters. The van der Waals surface area contributed by atoms with Gasteiger partial charge in [0.05, 0.1) is 4.47 Å². The summed E-state index contributed by atoms with van der Waals surface area (Å²) >= 11 is 3.23. The number of benzene rings is 1. The molecular weight excluding hydrogens is 307 g/mol. The number of hydrogen-bond donors (Lipinski definition) is 1. The van der Waals surface area contributed by atoms with E-state index in [2.05, 4.69) is 44.1 Å². The summed E-state index contributed by atoms with van der Waals surface area (Å²) in [6.45, 7) is 1.67. The second-order valence-electron chi connectivity index (χ2n) is 5.03. The van der Waals surface area contributed by atoms with Gasteiger partial charge in [0.1, 0.15) is 5.82 Å². The molecule has 0 amide bonds. The van der Waals surface area contributed by atoms with Gasteiger partial charge in [0, 0.05) is 31.0 Å². The lowest BCUT2D eigenvalue weighted by Gasteiger charge is -2.10. The molecule has 4 heteroatoms. The molecule has 3 rings (SSSR count). The molecule has 1 aliphatic rings. The summed E-state index contributed by atoms with van der Waals surface area (Å²) < 4.78 is 15.9. The van der Waals surface area contributed by atoms with Crippen molar-refractivity contribution in [2.24, 2.45) is 0 Å². The third-order valence-corrected chi connectivity index (χ3v) is 4.02. The van der Waals surface area contributed by atoms with Crippen molar-refractivity contribution in [2.45, 2.75) is 32.0 Å². The van der Waals surface area contributed by atoms with Gasteiger partial charge in [0.2, 0.25) is 0 Å². The van der Waals surface area contributed by atoms with E-state index in [1.165, 1.54) is 24.6 Å². The molecular formula is C15H16BrFN2. The van der Waals surface area contributed by atoms with Crippen molar-refractivity contribution in [1.29, 1.82) is 0 Å². The average Bonchev–Trinajstić information content (AvgIpc) is 3.12. The Hall–Kier alpha value is -1.13. The number of rotatable bonds is 5. The van der Waals surface area contributed by atoms with Crippen LogP contribution in [0.15, 0.2) is 41.0 Å². The van der Waals surface area contributed by atoms with Gasteiger partial charge in [-0.05, 0) is 58.6 Å². The summed E-state index contributed by atoms with van der Waals surface area (Å²) in [6, 6.07) is 10.1. The fraction of sp³-hybridized carbons (Fsp3) is 0.333. The van der Waals surface area contributed by atoms with Crippen LogP contribution in [0.5, 0.6) is 0 Å². The van der Waals surface area contributed by atoms with Gasteiger partial charge in [-0.15, -0.1) is 0 Å². The van der Waals surface area contributed by atoms with E-state index in [4.69, 9.17) is 0 Å². The van der Waals surface area contributed by atoms with Gasteiger partial charge in [0.25, 0.3) is 0 Å². The Morgan fingerprint density at radius 3 is 2.89 bits per heavy atom. The predicted molar refractivity (Wildman–Crippen MR) is 77.5 cm³/mol. The highest BCUT2D eigenvalue weighted by Gasteiger charge is 2.20. The Bertz CT molecular complexity index is 575. The van der Waals surface area contributed by atoms with Crippen LogP contribution in [0.3, 0.4) is 0 Å². The number of aromatic nitrogens is 1. The third kappa shape index (κ3) is 3.25. The lowest BCUT2D eigenvalue weighted by atomic mass is 10.2. The normalized spacial score (nSPS) is 14.8. The summed E-state index contributed by atoms with van der Waals surface area (Å²) in [6.07, 6.45) is 4.67. The van der Waals surface area contributed by atoms with Crippen molar-refractivity contribution in [3.05, 3.63) is 58.1 Å². The van der Waals surface area contributed by atoms with E-state index >= 15 is 0 Å². The second kappa shape index (κ2) is 5.47. The first kappa shape index (κ1) is 12.9. The zero-order chi connectivity index (χ0) is 13.2. The van der Waals surface area contributed by atoms with Crippen LogP contribution in [0.2, 0.25) is 0 Å². The highest BCUT2D eigenvalue weighted by atomic mass is 79.9. The molecule has 0 atom stereocenters. The third-order valence-electron chi connectivity index (χ3n) is 3.41. The molecule has 1 aliphatic carbocycles. The van der Waals surface area contributed by atoms with Gasteiger partial charge in [-0.1, -0.05) is 6.07 Å². The highest BCUT2D eigenvalue weighted by Crippen LogP contribution is 2.20. The molecule has 1 saturated carbocycles. The molecule has 0 aliphatic heterocycles. The Morgan fingerprint density at radius 2 is 2.16 bits per heavy atom. The van der Waals surface area contributed by atoms with Gasteiger partial charge < -0.3 is 9.88 Å². The Balaban J connectivity index is 1.71. The smallest absolute Gasteiger partial charge is 0.137 e. The molecule has 19 heavy (non-hydrogen) atoms. The van der Waals surface area contributed by atoms with Crippen molar-refractivity contribution in [2.75, 3.05) is 0 Å². The Kier molecular flexibility index (Phi) is 3.71. The monoisotopic (exact) mass is 322 g/mol. The number of hydrogen-bond acceptors (Lipinski definition) is 1. The standard InChI is InChI=1S/C15H16BrFN2/c16-14-8-11(3-6-15(14)17)10-19-7-1-2-13(19)9-18-12-4-5-12/h1-3,6-8,12,18H,4-5,9-10H2. The molecule has 1 aromatic heterocycles. The van der Waals surface area contributed by atoms with Crippen LogP contribution in [0.25, 0.3) is 0 Å². The van der Waals surface area contributed by atoms with Crippen molar-refractivity contribution in [3.63, 3.8) is 0 Å². The molecule has 1 heterocycles. The maximum absolute atomic E-state index is 13.2. The fourth-order valence-electron chi connectivity index (χ4n) is 2.14. The molecule has 1 N–H and O–H groups in total. The first-order valence-corrected chi connectivity index (χ1v) is 7.33. The maximum atomic E-state index is 13.2. The predicted octanol–water partition coefficient (Wildman–Crippen LogP) is 3.69. The molecule has 1 aromatic carbocycles. The second-order valence-corrected chi connectivity index (χ2v) is 5.89. The van der Waals surface area contributed by atoms with E-state index in [-0.39, 0.29) is 5.82 Å². The average molecular weight is 323 g/mol. The minimum atomic E-state index is -0.216. The lowest BCUT2D eigenvalue weighted by Crippen LogP contribution is -2.18. The van der Waals surface area contributed by atoms with Gasteiger partial charge >= 0.3 is 0 Å². The van der Waals surface area contributed by atoms with Crippen LogP contribution in [0.1, 0.15) is 24.1 Å². The highest BCUT2D eigenvalue weighted by molar-refractivity contribution is 9.10. The molecule has 1 fully saturated rings. The number of nitrogens with zero attached hydrogens (tertiary/aromatic N) is 1. The molecule has 0 radical (unpaired) electrons. The van der Waals surface area contributed by atoms with Crippen LogP contribution in [0.4, 0.5) is 4.39 Å². The van der Waals surface area contributed by atoms with E-state index in [1.807, 2.05) is 12.1 Å². The molecule has 2 aromatic rings. The lowest BCUT2D eigenvalue weighted by molar-refractivity contribution is 0.616. The van der Waals surface area contributed by atoms with Crippen LogP contribution in [0, 0.1) is 5.82 Å². The van der Waals surface area contributed by atoms with Crippen LogP contribution < -0.4 is 5.32 Å². The zero-order valence-corrected chi connectivity index (χ0v) is 12.2. The molecule has 0 spiro atoms. The minimum absolute atomic E-state index is 0.216. The van der Waals surface area contributed by atoms with E-state index in [0.29, 0.717) is 10.5 Å². The van der Waals surface area contributed by atoms with Gasteiger partial charge in [-0.2, -0.15) is 0 Å². The fourth-order valence-corrected chi connectivity index (χ4v) is 2.56. The van der Waals surface area contributed by atoms with Crippen molar-refractivity contribution >= 4 is 15.9 Å². The topological polar surface area (TPSA) is 17.0 Å². The van der Waals surface area contributed by atoms with Crippen molar-refractivity contribution < 1.29 is 4.39 Å². The molecule has 100 valence electrons. The van der Waals surface area contributed by atoms with E-state index in [1.54, 1.807) is 0 Å². The quantitative estimate of drug-likeness (QED) is 0.888. The van der Waals surface area contributed by atoms with Crippen LogP contribution >= 0.6 is 15.9 Å². The summed E-state index contributed by atoms with van der Waals surface area (Å²) in [4.78, 5) is 0. The maximum Gasteiger partial charge on any atom is 0.137 e. The summed E-state index contributed by atoms with van der Waals surface area (Å²) in [5.74, 6) is -0.216. The number of halogens is 2. The van der Waals surface area contributed by atoms with Gasteiger partial charge in [-0.3, -0.25) is 0 Å². The molecule has 0 saturated heterocycles. The Morgan fingerprint density at radius 1 is 1.32 bits per heavy atom. The van der Waals surface area contributed by atoms with E-state index < -0.39 is 0 Å². The Labute approximate surface area is 120 Å². The van der Waals surface area contributed by atoms with E-state index in [9.17, 15) is 4.39 Å². The molecule has 0 bridgehead atoms. The summed E-state index contributed by atoms with van der Waals surface area (Å²) in [5, 5.41) is 3.52. The minimum Gasteiger partial charge on any atom is -0.346 e. The summed E-state index contributed by atoms with van der Waals surface area (Å²) in [7, 11) is 0. The molecule has 2 nitrogen and oxygen atoms in total. The number of nitrogens with one attached hydrogen (secondary N) is 1. The van der Waals surface area contributed by atoms with E-state index in [0.717, 1.165) is 18.7 Å². The SMILES string of the molecule is Fc1ccc(Cn2cccc2CNC2CC2)cc1Br. The van der Waals surface area contributed by atoms with Crippen LogP contribution in [-0.4, -0.2) is 10.6 Å². The summed E-state index contributed by atoms with van der Waals surface area (Å²) in [5.41, 5.74) is 2.37.